The maximum absolute atomic E-state index is 12.7. The molecule has 1 aromatic carbocycles. The highest BCUT2D eigenvalue weighted by Crippen LogP contribution is 2.20. The molecule has 136 valence electrons. The molecule has 1 N–H and O–H groups in total. The third-order valence-corrected chi connectivity index (χ3v) is 5.16. The molecular formula is C21H25N3O2. The molecule has 5 nitrogen and oxygen atoms in total. The van der Waals surface area contributed by atoms with E-state index in [1.807, 2.05) is 36.9 Å². The van der Waals surface area contributed by atoms with Gasteiger partial charge in [0.1, 0.15) is 5.69 Å². The topological polar surface area (TPSA) is 62.3 Å². The molecule has 1 fully saturated rings. The van der Waals surface area contributed by atoms with Crippen LogP contribution in [0.25, 0.3) is 0 Å². The van der Waals surface area contributed by atoms with Crippen molar-refractivity contribution in [2.24, 2.45) is 5.92 Å². The van der Waals surface area contributed by atoms with Crippen LogP contribution in [0.2, 0.25) is 0 Å². The summed E-state index contributed by atoms with van der Waals surface area (Å²) in [7, 11) is 0. The first kappa shape index (κ1) is 18.1. The summed E-state index contributed by atoms with van der Waals surface area (Å²) < 4.78 is 0. The first-order chi connectivity index (χ1) is 12.5. The van der Waals surface area contributed by atoms with Gasteiger partial charge in [-0.15, -0.1) is 0 Å². The molecule has 0 spiro atoms. The molecule has 0 saturated carbocycles. The first-order valence-corrected chi connectivity index (χ1v) is 9.08. The largest absolute Gasteiger partial charge is 0.337 e. The lowest BCUT2D eigenvalue weighted by Gasteiger charge is -2.30. The van der Waals surface area contributed by atoms with Gasteiger partial charge in [0.2, 0.25) is 0 Å². The smallest absolute Gasteiger partial charge is 0.272 e. The van der Waals surface area contributed by atoms with Crippen LogP contribution in [0.1, 0.15) is 51.7 Å². The number of hydrogen-bond acceptors (Lipinski definition) is 3. The number of rotatable bonds is 3. The van der Waals surface area contributed by atoms with E-state index in [1.165, 1.54) is 6.20 Å². The summed E-state index contributed by atoms with van der Waals surface area (Å²) in [6.45, 7) is 7.69. The second kappa shape index (κ2) is 7.68. The van der Waals surface area contributed by atoms with Crippen molar-refractivity contribution in [1.29, 1.82) is 0 Å². The molecule has 2 amide bonds. The summed E-state index contributed by atoms with van der Waals surface area (Å²) in [5.41, 5.74) is 3.70. The Morgan fingerprint density at radius 1 is 1.15 bits per heavy atom. The molecule has 26 heavy (non-hydrogen) atoms. The Morgan fingerprint density at radius 2 is 1.88 bits per heavy atom. The van der Waals surface area contributed by atoms with Crippen molar-refractivity contribution in [2.45, 2.75) is 33.6 Å². The second-order valence-corrected chi connectivity index (χ2v) is 7.11. The van der Waals surface area contributed by atoms with Crippen molar-refractivity contribution in [1.82, 2.24) is 9.88 Å². The number of nitrogens with zero attached hydrogens (tertiary/aromatic N) is 2. The number of anilines is 1. The summed E-state index contributed by atoms with van der Waals surface area (Å²) in [4.78, 5) is 31.3. The van der Waals surface area contributed by atoms with Gasteiger partial charge < -0.3 is 10.2 Å². The van der Waals surface area contributed by atoms with Crippen LogP contribution >= 0.6 is 0 Å². The van der Waals surface area contributed by atoms with Crippen molar-refractivity contribution in [3.05, 3.63) is 58.9 Å². The van der Waals surface area contributed by atoms with E-state index in [-0.39, 0.29) is 11.8 Å². The Hall–Kier alpha value is -2.69. The molecule has 0 atom stereocenters. The minimum atomic E-state index is -0.234. The number of pyridine rings is 1. The summed E-state index contributed by atoms with van der Waals surface area (Å²) in [5, 5.41) is 2.93. The van der Waals surface area contributed by atoms with Crippen molar-refractivity contribution in [2.75, 3.05) is 18.4 Å². The fourth-order valence-electron chi connectivity index (χ4n) is 3.14. The van der Waals surface area contributed by atoms with Crippen LogP contribution in [-0.2, 0) is 0 Å². The molecule has 2 heterocycles. The van der Waals surface area contributed by atoms with Crippen LogP contribution in [-0.4, -0.2) is 34.8 Å². The van der Waals surface area contributed by atoms with Gasteiger partial charge in [-0.25, -0.2) is 0 Å². The van der Waals surface area contributed by atoms with Crippen molar-refractivity contribution in [3.8, 4) is 0 Å². The summed E-state index contributed by atoms with van der Waals surface area (Å²) >= 11 is 0. The fourth-order valence-corrected chi connectivity index (χ4v) is 3.14. The van der Waals surface area contributed by atoms with Crippen LogP contribution in [0.3, 0.4) is 0 Å². The Morgan fingerprint density at radius 3 is 2.62 bits per heavy atom. The molecule has 3 rings (SSSR count). The molecule has 0 radical (unpaired) electrons. The average molecular weight is 351 g/mol. The number of likely N-dealkylation sites (tertiary alicyclic amines) is 1. The van der Waals surface area contributed by atoms with Gasteiger partial charge in [0.15, 0.2) is 0 Å². The van der Waals surface area contributed by atoms with Crippen molar-refractivity contribution >= 4 is 17.5 Å². The monoisotopic (exact) mass is 351 g/mol. The van der Waals surface area contributed by atoms with E-state index >= 15 is 0 Å². The zero-order valence-corrected chi connectivity index (χ0v) is 15.6. The number of benzene rings is 1. The zero-order chi connectivity index (χ0) is 18.7. The van der Waals surface area contributed by atoms with E-state index in [4.69, 9.17) is 0 Å². The lowest BCUT2D eigenvalue weighted by molar-refractivity contribution is 0.0691. The molecule has 1 aliphatic rings. The molecule has 0 bridgehead atoms. The van der Waals surface area contributed by atoms with Crippen molar-refractivity contribution < 1.29 is 9.59 Å². The highest BCUT2D eigenvalue weighted by molar-refractivity contribution is 6.06. The molecule has 1 saturated heterocycles. The molecular weight excluding hydrogens is 326 g/mol. The van der Waals surface area contributed by atoms with Gasteiger partial charge in [-0.05, 0) is 61.9 Å². The number of carbonyl (C=O) groups excluding carboxylic acids is 2. The number of nitrogens with one attached hydrogen (secondary N) is 1. The Balaban J connectivity index is 1.75. The SMILES string of the molecule is Cc1cccc(NC(=O)c2ccnc(C(=O)N3CCC(C)CC3)c2)c1C. The van der Waals surface area contributed by atoms with E-state index < -0.39 is 0 Å². The number of aryl methyl sites for hydroxylation is 1. The number of amides is 2. The summed E-state index contributed by atoms with van der Waals surface area (Å²) in [6.07, 6.45) is 3.55. The van der Waals surface area contributed by atoms with E-state index in [0.717, 1.165) is 42.7 Å². The van der Waals surface area contributed by atoms with Gasteiger partial charge in [-0.2, -0.15) is 0 Å². The predicted octanol–water partition coefficient (Wildman–Crippen LogP) is 3.82. The Labute approximate surface area is 154 Å². The third kappa shape index (κ3) is 3.93. The van der Waals surface area contributed by atoms with Gasteiger partial charge >= 0.3 is 0 Å². The van der Waals surface area contributed by atoms with E-state index in [0.29, 0.717) is 17.2 Å². The number of piperidine rings is 1. The van der Waals surface area contributed by atoms with Crippen LogP contribution in [0.4, 0.5) is 5.69 Å². The van der Waals surface area contributed by atoms with Crippen LogP contribution in [0.15, 0.2) is 36.5 Å². The number of aromatic nitrogens is 1. The third-order valence-electron chi connectivity index (χ3n) is 5.16. The van der Waals surface area contributed by atoms with Gasteiger partial charge in [0, 0.05) is 30.5 Å². The molecule has 0 aliphatic carbocycles. The summed E-state index contributed by atoms with van der Waals surface area (Å²) in [6, 6.07) is 9.02. The molecule has 1 aromatic heterocycles. The normalized spacial score (nSPS) is 15.0. The predicted molar refractivity (Wildman–Crippen MR) is 102 cm³/mol. The zero-order valence-electron chi connectivity index (χ0n) is 15.6. The molecule has 0 unspecified atom stereocenters. The Bertz CT molecular complexity index is 824. The van der Waals surface area contributed by atoms with Gasteiger partial charge in [-0.3, -0.25) is 14.6 Å². The standard InChI is InChI=1S/C21H25N3O2/c1-14-8-11-24(12-9-14)21(26)19-13-17(7-10-22-19)20(25)23-18-6-4-5-15(2)16(18)3/h4-7,10,13-14H,8-9,11-12H2,1-3H3,(H,23,25). The second-order valence-electron chi connectivity index (χ2n) is 7.11. The maximum atomic E-state index is 12.7. The highest BCUT2D eigenvalue weighted by atomic mass is 16.2. The van der Waals surface area contributed by atoms with Crippen LogP contribution < -0.4 is 5.32 Å². The lowest BCUT2D eigenvalue weighted by Crippen LogP contribution is -2.38. The van der Waals surface area contributed by atoms with Crippen LogP contribution in [0, 0.1) is 19.8 Å². The lowest BCUT2D eigenvalue weighted by atomic mass is 9.99. The quantitative estimate of drug-likeness (QED) is 0.914. The summed E-state index contributed by atoms with van der Waals surface area (Å²) in [5.74, 6) is 0.322. The van der Waals surface area contributed by atoms with E-state index in [1.54, 1.807) is 12.1 Å². The fraction of sp³-hybridized carbons (Fsp3) is 0.381. The number of hydrogen-bond donors (Lipinski definition) is 1. The van der Waals surface area contributed by atoms with Gasteiger partial charge in [0.05, 0.1) is 0 Å². The average Bonchev–Trinajstić information content (AvgIpc) is 2.65. The van der Waals surface area contributed by atoms with Gasteiger partial charge in [-0.1, -0.05) is 19.1 Å². The minimum Gasteiger partial charge on any atom is -0.337 e. The molecule has 1 aliphatic heterocycles. The maximum Gasteiger partial charge on any atom is 0.272 e. The first-order valence-electron chi connectivity index (χ1n) is 9.08. The van der Waals surface area contributed by atoms with Crippen molar-refractivity contribution in [3.63, 3.8) is 0 Å². The molecule has 2 aromatic rings. The highest BCUT2D eigenvalue weighted by Gasteiger charge is 2.23. The van der Waals surface area contributed by atoms with Gasteiger partial charge in [0.25, 0.3) is 11.8 Å². The molecule has 5 heteroatoms. The van der Waals surface area contributed by atoms with E-state index in [2.05, 4.69) is 17.2 Å². The number of carbonyl (C=O) groups is 2. The van der Waals surface area contributed by atoms with E-state index in [9.17, 15) is 9.59 Å². The Kier molecular flexibility index (Phi) is 5.35. The minimum absolute atomic E-state index is 0.0988. The van der Waals surface area contributed by atoms with Crippen LogP contribution in [0.5, 0.6) is 0 Å².